The Morgan fingerprint density at radius 1 is 1.50 bits per heavy atom. The first kappa shape index (κ1) is 15.0. The van der Waals surface area contributed by atoms with Crippen molar-refractivity contribution in [3.8, 4) is 0 Å². The lowest BCUT2D eigenvalue weighted by atomic mass is 9.96. The average molecular weight is 280 g/mol. The molecule has 2 N–H and O–H groups in total. The van der Waals surface area contributed by atoms with Crippen molar-refractivity contribution in [3.63, 3.8) is 0 Å². The summed E-state index contributed by atoms with van der Waals surface area (Å²) in [6.07, 6.45) is 3.08. The fourth-order valence-corrected chi connectivity index (χ4v) is 3.15. The van der Waals surface area contributed by atoms with E-state index in [1.54, 1.807) is 0 Å². The van der Waals surface area contributed by atoms with Crippen molar-refractivity contribution in [2.24, 2.45) is 5.92 Å². The minimum Gasteiger partial charge on any atom is -0.393 e. The summed E-state index contributed by atoms with van der Waals surface area (Å²) >= 11 is 0. The normalized spacial score (nSPS) is 23.8. The molecular formula is C15H24N2O3. The van der Waals surface area contributed by atoms with Crippen molar-refractivity contribution in [1.82, 2.24) is 10.5 Å². The third-order valence-corrected chi connectivity index (χ3v) is 4.25. The molecule has 1 fully saturated rings. The molecule has 112 valence electrons. The molecule has 5 nitrogen and oxygen atoms in total. The van der Waals surface area contributed by atoms with Gasteiger partial charge in [0, 0.05) is 24.4 Å². The molecule has 1 amide bonds. The molecule has 1 heterocycles. The molecule has 0 aromatic carbocycles. The van der Waals surface area contributed by atoms with E-state index < -0.39 is 0 Å². The minimum atomic E-state index is -0.254. The highest BCUT2D eigenvalue weighted by atomic mass is 16.5. The molecular weight excluding hydrogens is 256 g/mol. The molecule has 0 saturated heterocycles. The van der Waals surface area contributed by atoms with Gasteiger partial charge in [-0.1, -0.05) is 18.5 Å². The van der Waals surface area contributed by atoms with E-state index in [1.807, 2.05) is 20.8 Å². The first-order valence-corrected chi connectivity index (χ1v) is 7.36. The van der Waals surface area contributed by atoms with Crippen LogP contribution in [0.25, 0.3) is 0 Å². The molecule has 2 rings (SSSR count). The van der Waals surface area contributed by atoms with Crippen LogP contribution >= 0.6 is 0 Å². The summed E-state index contributed by atoms with van der Waals surface area (Å²) in [6, 6.07) is 0. The molecule has 20 heavy (non-hydrogen) atoms. The number of rotatable bonds is 5. The van der Waals surface area contributed by atoms with E-state index in [9.17, 15) is 9.90 Å². The zero-order valence-electron chi connectivity index (χ0n) is 12.5. The molecule has 1 saturated carbocycles. The van der Waals surface area contributed by atoms with Gasteiger partial charge in [-0.3, -0.25) is 4.79 Å². The number of aromatic nitrogens is 1. The molecule has 0 bridgehead atoms. The van der Waals surface area contributed by atoms with E-state index in [0.717, 1.165) is 36.3 Å². The van der Waals surface area contributed by atoms with E-state index in [1.165, 1.54) is 0 Å². The molecule has 3 unspecified atom stereocenters. The summed E-state index contributed by atoms with van der Waals surface area (Å²) in [5, 5.41) is 16.6. The predicted molar refractivity (Wildman–Crippen MR) is 75.4 cm³/mol. The third-order valence-electron chi connectivity index (χ3n) is 4.25. The maximum atomic E-state index is 12.0. The van der Waals surface area contributed by atoms with Crippen LogP contribution in [-0.2, 0) is 4.79 Å². The Hall–Kier alpha value is -1.36. The van der Waals surface area contributed by atoms with Crippen LogP contribution in [0, 0.1) is 19.8 Å². The van der Waals surface area contributed by atoms with Crippen LogP contribution in [0.3, 0.4) is 0 Å². The van der Waals surface area contributed by atoms with Crippen LogP contribution in [0.5, 0.6) is 0 Å². The standard InChI is InChI=1S/C15H24N2O3/c1-9(15-10(2)17-20-11(15)3)7-14(19)16-8-12-5-4-6-13(12)18/h9,12-13,18H,4-8H2,1-3H3,(H,16,19). The number of carbonyl (C=O) groups is 1. The van der Waals surface area contributed by atoms with Crippen molar-refractivity contribution in [1.29, 1.82) is 0 Å². The fourth-order valence-electron chi connectivity index (χ4n) is 3.15. The predicted octanol–water partition coefficient (Wildman–Crippen LogP) is 2.06. The summed E-state index contributed by atoms with van der Waals surface area (Å²) in [6.45, 7) is 6.36. The zero-order chi connectivity index (χ0) is 14.7. The number of amides is 1. The quantitative estimate of drug-likeness (QED) is 0.865. The van der Waals surface area contributed by atoms with Gasteiger partial charge in [-0.25, -0.2) is 0 Å². The van der Waals surface area contributed by atoms with Gasteiger partial charge in [-0.05, 0) is 32.6 Å². The molecule has 0 radical (unpaired) electrons. The summed E-state index contributed by atoms with van der Waals surface area (Å²) < 4.78 is 5.14. The van der Waals surface area contributed by atoms with E-state index in [2.05, 4.69) is 10.5 Å². The van der Waals surface area contributed by atoms with Gasteiger partial charge in [0.2, 0.25) is 5.91 Å². The van der Waals surface area contributed by atoms with Crippen LogP contribution in [0.4, 0.5) is 0 Å². The first-order valence-electron chi connectivity index (χ1n) is 7.36. The largest absolute Gasteiger partial charge is 0.393 e. The van der Waals surface area contributed by atoms with Gasteiger partial charge in [-0.2, -0.15) is 0 Å². The average Bonchev–Trinajstić information content (AvgIpc) is 2.93. The lowest BCUT2D eigenvalue weighted by Gasteiger charge is -2.16. The van der Waals surface area contributed by atoms with E-state index >= 15 is 0 Å². The van der Waals surface area contributed by atoms with Gasteiger partial charge in [0.15, 0.2) is 0 Å². The number of aryl methyl sites for hydroxylation is 2. The van der Waals surface area contributed by atoms with E-state index in [0.29, 0.717) is 13.0 Å². The van der Waals surface area contributed by atoms with Crippen LogP contribution in [0.15, 0.2) is 4.52 Å². The molecule has 1 aliphatic carbocycles. The maximum absolute atomic E-state index is 12.0. The van der Waals surface area contributed by atoms with Crippen LogP contribution in [0.1, 0.15) is 55.5 Å². The Kier molecular flexibility index (Phi) is 4.81. The number of aliphatic hydroxyl groups is 1. The number of nitrogens with one attached hydrogen (secondary N) is 1. The van der Waals surface area contributed by atoms with Gasteiger partial charge >= 0.3 is 0 Å². The number of hydrogen-bond acceptors (Lipinski definition) is 4. The second kappa shape index (κ2) is 6.39. The Morgan fingerprint density at radius 2 is 2.25 bits per heavy atom. The lowest BCUT2D eigenvalue weighted by molar-refractivity contribution is -0.121. The highest BCUT2D eigenvalue weighted by Gasteiger charge is 2.26. The Morgan fingerprint density at radius 3 is 2.80 bits per heavy atom. The maximum Gasteiger partial charge on any atom is 0.220 e. The van der Waals surface area contributed by atoms with Gasteiger partial charge in [0.05, 0.1) is 11.8 Å². The highest BCUT2D eigenvalue weighted by molar-refractivity contribution is 5.76. The second-order valence-electron chi connectivity index (χ2n) is 5.91. The highest BCUT2D eigenvalue weighted by Crippen LogP contribution is 2.26. The number of aliphatic hydroxyl groups excluding tert-OH is 1. The van der Waals surface area contributed by atoms with E-state index in [4.69, 9.17) is 4.52 Å². The molecule has 1 aromatic rings. The van der Waals surface area contributed by atoms with Gasteiger partial charge < -0.3 is 14.9 Å². The molecule has 0 spiro atoms. The van der Waals surface area contributed by atoms with Gasteiger partial charge in [0.25, 0.3) is 0 Å². The Bertz CT molecular complexity index is 450. The lowest BCUT2D eigenvalue weighted by Crippen LogP contribution is -2.33. The van der Waals surface area contributed by atoms with Gasteiger partial charge in [0.1, 0.15) is 5.76 Å². The summed E-state index contributed by atoms with van der Waals surface area (Å²) in [7, 11) is 0. The third kappa shape index (κ3) is 3.39. The van der Waals surface area contributed by atoms with Crippen molar-refractivity contribution >= 4 is 5.91 Å². The van der Waals surface area contributed by atoms with E-state index in [-0.39, 0.29) is 23.8 Å². The Balaban J connectivity index is 1.82. The Labute approximate surface area is 119 Å². The zero-order valence-corrected chi connectivity index (χ0v) is 12.5. The molecule has 0 aliphatic heterocycles. The van der Waals surface area contributed by atoms with Crippen LogP contribution in [0.2, 0.25) is 0 Å². The summed E-state index contributed by atoms with van der Waals surface area (Å²) in [4.78, 5) is 12.0. The van der Waals surface area contributed by atoms with Crippen molar-refractivity contribution in [2.45, 2.75) is 58.5 Å². The summed E-state index contributed by atoms with van der Waals surface area (Å²) in [5.74, 6) is 1.12. The molecule has 3 atom stereocenters. The number of hydrogen-bond donors (Lipinski definition) is 2. The minimum absolute atomic E-state index is 0.0246. The SMILES string of the molecule is Cc1noc(C)c1C(C)CC(=O)NCC1CCCC1O. The molecule has 1 aromatic heterocycles. The monoisotopic (exact) mass is 280 g/mol. The van der Waals surface area contributed by atoms with Gasteiger partial charge in [-0.15, -0.1) is 0 Å². The topological polar surface area (TPSA) is 75.4 Å². The number of carbonyl (C=O) groups excluding carboxylic acids is 1. The molecule has 5 heteroatoms. The van der Waals surface area contributed by atoms with Crippen molar-refractivity contribution in [2.75, 3.05) is 6.54 Å². The fraction of sp³-hybridized carbons (Fsp3) is 0.733. The first-order chi connectivity index (χ1) is 9.49. The number of nitrogens with zero attached hydrogens (tertiary/aromatic N) is 1. The van der Waals surface area contributed by atoms with Crippen molar-refractivity contribution < 1.29 is 14.4 Å². The summed E-state index contributed by atoms with van der Waals surface area (Å²) in [5.41, 5.74) is 1.88. The molecule has 1 aliphatic rings. The van der Waals surface area contributed by atoms with Crippen molar-refractivity contribution in [3.05, 3.63) is 17.0 Å². The van der Waals surface area contributed by atoms with Crippen LogP contribution < -0.4 is 5.32 Å². The smallest absolute Gasteiger partial charge is 0.220 e. The van der Waals surface area contributed by atoms with Crippen LogP contribution in [-0.4, -0.2) is 28.8 Å². The second-order valence-corrected chi connectivity index (χ2v) is 5.91.